The fourth-order valence-electron chi connectivity index (χ4n) is 4.15. The number of hydrogen-bond acceptors (Lipinski definition) is 3. The van der Waals surface area contributed by atoms with Crippen LogP contribution in [0.1, 0.15) is 25.7 Å². The lowest BCUT2D eigenvalue weighted by molar-refractivity contribution is -0.165. The summed E-state index contributed by atoms with van der Waals surface area (Å²) in [7, 11) is 0.505. The molecule has 0 aromatic carbocycles. The number of likely N-dealkylation sites (tertiary alicyclic amines) is 1. The normalized spacial score (nSPS) is 36.7. The second-order valence-corrected chi connectivity index (χ2v) is 12.0. The molecule has 2 fully saturated rings. The lowest BCUT2D eigenvalue weighted by atomic mass is 9.78. The molecule has 0 aromatic rings. The van der Waals surface area contributed by atoms with E-state index >= 15 is 0 Å². The van der Waals surface area contributed by atoms with Gasteiger partial charge in [0, 0.05) is 17.7 Å². The Balaban J connectivity index is 2.17. The minimum absolute atomic E-state index is 0.00943. The zero-order valence-electron chi connectivity index (χ0n) is 11.9. The van der Waals surface area contributed by atoms with Crippen molar-refractivity contribution in [3.8, 4) is 0 Å². The molecule has 0 N–H and O–H groups in total. The zero-order chi connectivity index (χ0) is 13.1. The van der Waals surface area contributed by atoms with Gasteiger partial charge in [0.25, 0.3) is 0 Å². The summed E-state index contributed by atoms with van der Waals surface area (Å²) < 4.78 is 5.98. The molecule has 0 radical (unpaired) electrons. The zero-order valence-corrected chi connectivity index (χ0v) is 12.9. The van der Waals surface area contributed by atoms with E-state index in [9.17, 15) is 4.79 Å². The smallest absolute Gasteiger partial charge is 0.332 e. The van der Waals surface area contributed by atoms with Crippen molar-refractivity contribution in [3.05, 3.63) is 10.8 Å². The third-order valence-corrected chi connectivity index (χ3v) is 6.86. The molecule has 1 saturated heterocycles. The highest BCUT2D eigenvalue weighted by molar-refractivity contribution is 6.87. The Kier molecular flexibility index (Phi) is 2.55. The van der Waals surface area contributed by atoms with Crippen molar-refractivity contribution in [3.63, 3.8) is 0 Å². The second kappa shape index (κ2) is 3.70. The minimum Gasteiger partial charge on any atom is -0.436 e. The van der Waals surface area contributed by atoms with Gasteiger partial charge in [0.1, 0.15) is 0 Å². The highest BCUT2D eigenvalue weighted by Crippen LogP contribution is 2.54. The first-order chi connectivity index (χ1) is 8.37. The maximum Gasteiger partial charge on any atom is 0.332 e. The van der Waals surface area contributed by atoms with E-state index in [1.807, 2.05) is 0 Å². The lowest BCUT2D eigenvalue weighted by Gasteiger charge is -2.41. The second-order valence-electron chi connectivity index (χ2n) is 6.99. The van der Waals surface area contributed by atoms with Crippen LogP contribution in [0.2, 0.25) is 19.6 Å². The number of esters is 1. The monoisotopic (exact) mass is 265 g/mol. The summed E-state index contributed by atoms with van der Waals surface area (Å²) in [6, 6.07) is 0. The molecule has 1 spiro atoms. The van der Waals surface area contributed by atoms with Crippen LogP contribution in [0.25, 0.3) is 0 Å². The van der Waals surface area contributed by atoms with Crippen LogP contribution in [0.3, 0.4) is 0 Å². The maximum atomic E-state index is 12.4. The predicted octanol–water partition coefficient (Wildman–Crippen LogP) is 2.55. The first kappa shape index (κ1) is 12.4. The van der Waals surface area contributed by atoms with Crippen LogP contribution in [0.4, 0.5) is 0 Å². The Morgan fingerprint density at radius 3 is 2.72 bits per heavy atom. The molecule has 0 bridgehead atoms. The minimum atomic E-state index is -1.61. The van der Waals surface area contributed by atoms with Gasteiger partial charge in [-0.05, 0) is 38.3 Å². The fraction of sp³-hybridized carbons (Fsp3) is 0.786. The van der Waals surface area contributed by atoms with E-state index in [0.29, 0.717) is 5.92 Å². The van der Waals surface area contributed by atoms with Crippen molar-refractivity contribution in [2.45, 2.75) is 51.0 Å². The van der Waals surface area contributed by atoms with E-state index in [4.69, 9.17) is 4.74 Å². The van der Waals surface area contributed by atoms with Gasteiger partial charge >= 0.3 is 5.97 Å². The molecule has 2 aliphatic heterocycles. The van der Waals surface area contributed by atoms with E-state index in [1.54, 1.807) is 0 Å². The summed E-state index contributed by atoms with van der Waals surface area (Å²) in [4.78, 5) is 14.7. The molecular formula is C14H23NO2Si. The Hall–Kier alpha value is -0.613. The summed E-state index contributed by atoms with van der Waals surface area (Å²) in [5.74, 6) is 0.522. The van der Waals surface area contributed by atoms with E-state index in [-0.39, 0.29) is 11.7 Å². The quantitative estimate of drug-likeness (QED) is 0.539. The highest BCUT2D eigenvalue weighted by Gasteiger charge is 2.60. The van der Waals surface area contributed by atoms with E-state index in [0.717, 1.165) is 18.2 Å². The summed E-state index contributed by atoms with van der Waals surface area (Å²) in [5, 5.41) is 1.08. The van der Waals surface area contributed by atoms with E-state index in [2.05, 4.69) is 31.6 Å². The average Bonchev–Trinajstić information content (AvgIpc) is 2.73. The maximum absolute atomic E-state index is 12.4. The topological polar surface area (TPSA) is 29.5 Å². The molecule has 3 nitrogen and oxygen atoms in total. The molecule has 0 aromatic heterocycles. The van der Waals surface area contributed by atoms with Gasteiger partial charge in [-0.15, -0.1) is 0 Å². The first-order valence-electron chi connectivity index (χ1n) is 7.06. The van der Waals surface area contributed by atoms with Gasteiger partial charge in [-0.3, -0.25) is 4.90 Å². The Labute approximate surface area is 110 Å². The van der Waals surface area contributed by atoms with Crippen molar-refractivity contribution in [1.82, 2.24) is 4.90 Å². The summed E-state index contributed by atoms with van der Waals surface area (Å²) >= 11 is 0. The summed E-state index contributed by atoms with van der Waals surface area (Å²) in [6.45, 7) is 7.83. The molecule has 0 amide bonds. The number of hydrogen-bond donors (Lipinski definition) is 0. The van der Waals surface area contributed by atoms with Crippen molar-refractivity contribution >= 4 is 14.0 Å². The molecular weight excluding hydrogens is 242 g/mol. The van der Waals surface area contributed by atoms with Crippen LogP contribution in [0.15, 0.2) is 10.8 Å². The van der Waals surface area contributed by atoms with Crippen LogP contribution in [0, 0.1) is 5.92 Å². The summed E-state index contributed by atoms with van der Waals surface area (Å²) in [6.07, 6.45) is 4.67. The fourth-order valence-corrected chi connectivity index (χ4v) is 6.02. The van der Waals surface area contributed by atoms with Gasteiger partial charge in [0.05, 0.1) is 8.07 Å². The summed E-state index contributed by atoms with van der Waals surface area (Å²) in [5.41, 5.74) is 1.01. The molecule has 2 heterocycles. The highest BCUT2D eigenvalue weighted by atomic mass is 28.3. The third kappa shape index (κ3) is 1.42. The van der Waals surface area contributed by atoms with Crippen LogP contribution in [-0.4, -0.2) is 38.3 Å². The molecule has 2 atom stereocenters. The Morgan fingerprint density at radius 2 is 2.06 bits per heavy atom. The van der Waals surface area contributed by atoms with Gasteiger partial charge < -0.3 is 4.74 Å². The van der Waals surface area contributed by atoms with Gasteiger partial charge in [-0.25, -0.2) is 4.79 Å². The largest absolute Gasteiger partial charge is 0.436 e. The van der Waals surface area contributed by atoms with Gasteiger partial charge in [-0.2, -0.15) is 0 Å². The number of likely N-dealkylation sites (N-methyl/N-ethyl adjacent to an activating group) is 1. The van der Waals surface area contributed by atoms with Crippen LogP contribution in [0.5, 0.6) is 0 Å². The molecule has 1 aliphatic carbocycles. The van der Waals surface area contributed by atoms with Crippen LogP contribution < -0.4 is 0 Å². The number of ether oxygens (including phenoxy) is 1. The number of rotatable bonds is 1. The lowest BCUT2D eigenvalue weighted by Crippen LogP contribution is -2.50. The molecule has 4 heteroatoms. The number of carbonyl (C=O) groups excluding carboxylic acids is 1. The molecule has 2 unspecified atom stereocenters. The third-order valence-electron chi connectivity index (χ3n) is 4.85. The molecule has 3 rings (SSSR count). The van der Waals surface area contributed by atoms with E-state index < -0.39 is 8.07 Å². The SMILES string of the molecule is CN1CCC2CCCC3=C([Si](C)(C)C)C(=O)OC321. The standard InChI is InChI=1S/C14H23NO2Si/c1-15-9-8-10-6-5-7-11-12(18(2,3)4)13(16)17-14(10,11)15/h10H,5-9H2,1-4H3. The number of carbonyl (C=O) groups is 1. The molecule has 18 heavy (non-hydrogen) atoms. The van der Waals surface area contributed by atoms with Crippen molar-refractivity contribution in [2.75, 3.05) is 13.6 Å². The van der Waals surface area contributed by atoms with Crippen LogP contribution >= 0.6 is 0 Å². The van der Waals surface area contributed by atoms with Gasteiger partial charge in [0.15, 0.2) is 5.72 Å². The van der Waals surface area contributed by atoms with Crippen molar-refractivity contribution < 1.29 is 9.53 Å². The predicted molar refractivity (Wildman–Crippen MR) is 73.8 cm³/mol. The van der Waals surface area contributed by atoms with Crippen LogP contribution in [-0.2, 0) is 9.53 Å². The molecule has 1 saturated carbocycles. The van der Waals surface area contributed by atoms with Gasteiger partial charge in [-0.1, -0.05) is 19.6 Å². The van der Waals surface area contributed by atoms with Gasteiger partial charge in [0.2, 0.25) is 0 Å². The first-order valence-corrected chi connectivity index (χ1v) is 10.6. The Morgan fingerprint density at radius 1 is 1.33 bits per heavy atom. The number of nitrogens with zero attached hydrogens (tertiary/aromatic N) is 1. The van der Waals surface area contributed by atoms with Crippen molar-refractivity contribution in [2.24, 2.45) is 5.92 Å². The average molecular weight is 265 g/mol. The Bertz CT molecular complexity index is 436. The van der Waals surface area contributed by atoms with Crippen molar-refractivity contribution in [1.29, 1.82) is 0 Å². The molecule has 100 valence electrons. The molecule has 3 aliphatic rings. The van der Waals surface area contributed by atoms with E-state index in [1.165, 1.54) is 24.8 Å².